The predicted octanol–water partition coefficient (Wildman–Crippen LogP) is 2.30. The molecule has 1 rings (SSSR count). The van der Waals surface area contributed by atoms with E-state index in [0.717, 1.165) is 17.8 Å². The summed E-state index contributed by atoms with van der Waals surface area (Å²) in [5, 5.41) is 10.1. The van der Waals surface area contributed by atoms with E-state index in [1.54, 1.807) is 13.8 Å². The molecular formula is C11H17NO4S2. The van der Waals surface area contributed by atoms with E-state index in [1.165, 1.54) is 11.4 Å². The van der Waals surface area contributed by atoms with Crippen molar-refractivity contribution in [3.8, 4) is 0 Å². The minimum Gasteiger partial charge on any atom is -0.478 e. The van der Waals surface area contributed by atoms with Gasteiger partial charge in [-0.05, 0) is 26.3 Å². The van der Waals surface area contributed by atoms with Crippen molar-refractivity contribution < 1.29 is 18.3 Å². The molecule has 0 unspecified atom stereocenters. The van der Waals surface area contributed by atoms with E-state index in [1.807, 2.05) is 6.92 Å². The quantitative estimate of drug-likeness (QED) is 0.842. The highest BCUT2D eigenvalue weighted by Gasteiger charge is 2.27. The van der Waals surface area contributed by atoms with Crippen LogP contribution in [0.2, 0.25) is 0 Å². The molecule has 0 aliphatic heterocycles. The number of thiophene rings is 1. The van der Waals surface area contributed by atoms with Gasteiger partial charge in [0.1, 0.15) is 4.21 Å². The molecular weight excluding hydrogens is 274 g/mol. The Labute approximate surface area is 111 Å². The summed E-state index contributed by atoms with van der Waals surface area (Å²) >= 11 is 0.912. The van der Waals surface area contributed by atoms with Gasteiger partial charge < -0.3 is 5.11 Å². The monoisotopic (exact) mass is 291 g/mol. The molecule has 18 heavy (non-hydrogen) atoms. The Balaban J connectivity index is 2.96. The Morgan fingerprint density at radius 1 is 1.50 bits per heavy atom. The van der Waals surface area contributed by atoms with Crippen molar-refractivity contribution in [2.45, 2.75) is 43.4 Å². The van der Waals surface area contributed by atoms with Gasteiger partial charge in [-0.1, -0.05) is 13.3 Å². The molecule has 0 atom stereocenters. The van der Waals surface area contributed by atoms with Crippen molar-refractivity contribution in [1.82, 2.24) is 4.72 Å². The van der Waals surface area contributed by atoms with Gasteiger partial charge in [0.05, 0.1) is 5.56 Å². The SMILES string of the molecule is CCCC(C)(C)NS(=O)(=O)c1cc(C(=O)O)cs1. The van der Waals surface area contributed by atoms with Crippen molar-refractivity contribution in [2.24, 2.45) is 0 Å². The van der Waals surface area contributed by atoms with Crippen LogP contribution in [0.15, 0.2) is 15.7 Å². The topological polar surface area (TPSA) is 83.5 Å². The fraction of sp³-hybridized carbons (Fsp3) is 0.545. The lowest BCUT2D eigenvalue weighted by molar-refractivity contribution is 0.0697. The molecule has 0 saturated carbocycles. The first-order valence-corrected chi connectivity index (χ1v) is 7.90. The Morgan fingerprint density at radius 3 is 2.56 bits per heavy atom. The average molecular weight is 291 g/mol. The number of hydrogen-bond acceptors (Lipinski definition) is 4. The molecule has 0 bridgehead atoms. The maximum absolute atomic E-state index is 12.1. The molecule has 2 N–H and O–H groups in total. The van der Waals surface area contributed by atoms with E-state index in [4.69, 9.17) is 5.11 Å². The summed E-state index contributed by atoms with van der Waals surface area (Å²) < 4.78 is 26.8. The Morgan fingerprint density at radius 2 is 2.11 bits per heavy atom. The van der Waals surface area contributed by atoms with Crippen LogP contribution in [0.1, 0.15) is 44.0 Å². The Bertz CT molecular complexity index is 531. The molecule has 1 aromatic rings. The van der Waals surface area contributed by atoms with Crippen LogP contribution < -0.4 is 4.72 Å². The van der Waals surface area contributed by atoms with Crippen molar-refractivity contribution in [3.05, 3.63) is 17.0 Å². The van der Waals surface area contributed by atoms with Gasteiger partial charge in [-0.15, -0.1) is 11.3 Å². The molecule has 1 aromatic heterocycles. The largest absolute Gasteiger partial charge is 0.478 e. The molecule has 0 aliphatic carbocycles. The standard InChI is InChI=1S/C11H17NO4S2/c1-4-5-11(2,3)12-18(15,16)9-6-8(7-17-9)10(13)14/h6-7,12H,4-5H2,1-3H3,(H,13,14). The molecule has 0 aromatic carbocycles. The number of aromatic carboxylic acids is 1. The Hall–Kier alpha value is -0.920. The summed E-state index contributed by atoms with van der Waals surface area (Å²) in [5.74, 6) is -1.12. The minimum absolute atomic E-state index is 0.00586. The van der Waals surface area contributed by atoms with Gasteiger partial charge in [-0.3, -0.25) is 0 Å². The minimum atomic E-state index is -3.65. The normalized spacial score (nSPS) is 12.6. The van der Waals surface area contributed by atoms with Crippen LogP contribution in [-0.2, 0) is 10.0 Å². The van der Waals surface area contributed by atoms with E-state index in [-0.39, 0.29) is 9.77 Å². The molecule has 0 fully saturated rings. The van der Waals surface area contributed by atoms with Crippen LogP contribution in [0.5, 0.6) is 0 Å². The average Bonchev–Trinajstić information content (AvgIpc) is 2.64. The summed E-state index contributed by atoms with van der Waals surface area (Å²) in [7, 11) is -3.65. The number of carboxylic acid groups (broad SMARTS) is 1. The fourth-order valence-corrected chi connectivity index (χ4v) is 4.25. The molecule has 0 amide bonds. The lowest BCUT2D eigenvalue weighted by Gasteiger charge is -2.24. The first-order chi connectivity index (χ1) is 8.18. The lowest BCUT2D eigenvalue weighted by atomic mass is 10.0. The Kier molecular flexibility index (Phi) is 4.52. The second-order valence-electron chi connectivity index (χ2n) is 4.70. The fourth-order valence-electron chi connectivity index (χ4n) is 1.66. The predicted molar refractivity (Wildman–Crippen MR) is 70.6 cm³/mol. The van der Waals surface area contributed by atoms with Crippen LogP contribution in [0, 0.1) is 0 Å². The van der Waals surface area contributed by atoms with Gasteiger partial charge >= 0.3 is 5.97 Å². The van der Waals surface area contributed by atoms with Gasteiger partial charge in [0.2, 0.25) is 0 Å². The van der Waals surface area contributed by atoms with Gasteiger partial charge in [0.25, 0.3) is 10.0 Å². The van der Waals surface area contributed by atoms with Crippen LogP contribution in [-0.4, -0.2) is 25.0 Å². The van der Waals surface area contributed by atoms with Crippen LogP contribution >= 0.6 is 11.3 Å². The van der Waals surface area contributed by atoms with Gasteiger partial charge in [-0.25, -0.2) is 17.9 Å². The second kappa shape index (κ2) is 5.38. The first kappa shape index (κ1) is 15.1. The van der Waals surface area contributed by atoms with Gasteiger partial charge in [0.15, 0.2) is 0 Å². The third-order valence-corrected chi connectivity index (χ3v) is 5.51. The number of nitrogens with one attached hydrogen (secondary N) is 1. The third kappa shape index (κ3) is 3.79. The lowest BCUT2D eigenvalue weighted by Crippen LogP contribution is -2.42. The van der Waals surface area contributed by atoms with E-state index in [9.17, 15) is 13.2 Å². The van der Waals surface area contributed by atoms with Crippen molar-refractivity contribution >= 4 is 27.3 Å². The highest BCUT2D eigenvalue weighted by atomic mass is 32.2. The number of sulfonamides is 1. The van der Waals surface area contributed by atoms with E-state index in [2.05, 4.69) is 4.72 Å². The van der Waals surface area contributed by atoms with Crippen LogP contribution in [0.25, 0.3) is 0 Å². The summed E-state index contributed by atoms with van der Waals surface area (Å²) in [6.07, 6.45) is 1.57. The highest BCUT2D eigenvalue weighted by molar-refractivity contribution is 7.91. The first-order valence-electron chi connectivity index (χ1n) is 5.54. The van der Waals surface area contributed by atoms with Crippen molar-refractivity contribution in [3.63, 3.8) is 0 Å². The van der Waals surface area contributed by atoms with Gasteiger partial charge in [-0.2, -0.15) is 0 Å². The van der Waals surface area contributed by atoms with E-state index >= 15 is 0 Å². The number of carbonyl (C=O) groups is 1. The molecule has 5 nitrogen and oxygen atoms in total. The molecule has 0 radical (unpaired) electrons. The van der Waals surface area contributed by atoms with Crippen LogP contribution in [0.4, 0.5) is 0 Å². The van der Waals surface area contributed by atoms with E-state index < -0.39 is 21.5 Å². The zero-order valence-corrected chi connectivity index (χ0v) is 12.2. The maximum atomic E-state index is 12.1. The summed E-state index contributed by atoms with van der Waals surface area (Å²) in [5.41, 5.74) is -0.547. The summed E-state index contributed by atoms with van der Waals surface area (Å²) in [6.45, 7) is 5.59. The van der Waals surface area contributed by atoms with Crippen molar-refractivity contribution in [1.29, 1.82) is 0 Å². The molecule has 102 valence electrons. The smallest absolute Gasteiger partial charge is 0.336 e. The molecule has 7 heteroatoms. The zero-order valence-electron chi connectivity index (χ0n) is 10.6. The molecule has 0 aliphatic rings. The summed E-state index contributed by atoms with van der Waals surface area (Å²) in [6, 6.07) is 1.18. The number of hydrogen-bond donors (Lipinski definition) is 2. The maximum Gasteiger partial charge on any atom is 0.336 e. The van der Waals surface area contributed by atoms with Crippen molar-refractivity contribution in [2.75, 3.05) is 0 Å². The number of rotatable bonds is 6. The highest BCUT2D eigenvalue weighted by Crippen LogP contribution is 2.23. The molecule has 0 spiro atoms. The zero-order chi connectivity index (χ0) is 14.0. The summed E-state index contributed by atoms with van der Waals surface area (Å²) in [4.78, 5) is 10.7. The number of carboxylic acids is 1. The second-order valence-corrected chi connectivity index (χ2v) is 7.52. The van der Waals surface area contributed by atoms with Crippen LogP contribution in [0.3, 0.4) is 0 Å². The molecule has 0 saturated heterocycles. The van der Waals surface area contributed by atoms with E-state index in [0.29, 0.717) is 6.42 Å². The third-order valence-electron chi connectivity index (χ3n) is 2.37. The van der Waals surface area contributed by atoms with Gasteiger partial charge in [0, 0.05) is 10.9 Å². The molecule has 1 heterocycles.